The average Bonchev–Trinajstić information content (AvgIpc) is 2.81. The topological polar surface area (TPSA) is 59.1 Å². The number of carbonyl (C=O) groups is 2. The van der Waals surface area contributed by atoms with E-state index in [1.807, 2.05) is 0 Å². The second kappa shape index (κ2) is 5.81. The number of halogens is 2. The number of rotatable bonds is 3. The maximum atomic E-state index is 12.0. The number of amides is 1. The van der Waals surface area contributed by atoms with Gasteiger partial charge in [-0.3, -0.25) is 14.9 Å². The zero-order valence-corrected chi connectivity index (χ0v) is 12.9. The SMILES string of the molecule is CC(=O)c1csc(NC(=O)c2cccc(Br)c2Cl)n1. The lowest BCUT2D eigenvalue weighted by molar-refractivity contribution is 0.100. The maximum absolute atomic E-state index is 12.0. The molecule has 2 rings (SSSR count). The zero-order valence-electron chi connectivity index (χ0n) is 9.74. The van der Waals surface area contributed by atoms with Crippen LogP contribution in [0, 0.1) is 0 Å². The summed E-state index contributed by atoms with van der Waals surface area (Å²) in [7, 11) is 0. The molecular formula is C12H8BrClN2O2S. The van der Waals surface area contributed by atoms with Gasteiger partial charge in [-0.15, -0.1) is 11.3 Å². The van der Waals surface area contributed by atoms with Crippen molar-refractivity contribution < 1.29 is 9.59 Å². The van der Waals surface area contributed by atoms with Gasteiger partial charge < -0.3 is 0 Å². The van der Waals surface area contributed by atoms with Crippen LogP contribution in [0.15, 0.2) is 28.1 Å². The van der Waals surface area contributed by atoms with Crippen LogP contribution in [0.5, 0.6) is 0 Å². The minimum Gasteiger partial charge on any atom is -0.298 e. The Hall–Kier alpha value is -1.24. The number of ketones is 1. The highest BCUT2D eigenvalue weighted by molar-refractivity contribution is 9.10. The van der Waals surface area contributed by atoms with Gasteiger partial charge in [-0.05, 0) is 28.1 Å². The summed E-state index contributed by atoms with van der Waals surface area (Å²) in [6.45, 7) is 1.42. The number of aromatic nitrogens is 1. The highest BCUT2D eigenvalue weighted by atomic mass is 79.9. The van der Waals surface area contributed by atoms with Gasteiger partial charge in [0, 0.05) is 16.8 Å². The molecule has 0 fully saturated rings. The summed E-state index contributed by atoms with van der Waals surface area (Å²) in [5.41, 5.74) is 0.677. The first-order valence-corrected chi connectivity index (χ1v) is 7.26. The average molecular weight is 360 g/mol. The fourth-order valence-electron chi connectivity index (χ4n) is 1.34. The molecule has 0 saturated heterocycles. The maximum Gasteiger partial charge on any atom is 0.258 e. The van der Waals surface area contributed by atoms with E-state index in [-0.39, 0.29) is 11.7 Å². The molecule has 7 heteroatoms. The lowest BCUT2D eigenvalue weighted by Gasteiger charge is -2.05. The molecule has 0 aliphatic heterocycles. The fourth-order valence-corrected chi connectivity index (χ4v) is 2.66. The molecule has 19 heavy (non-hydrogen) atoms. The van der Waals surface area contributed by atoms with E-state index in [4.69, 9.17) is 11.6 Å². The molecule has 2 aromatic rings. The van der Waals surface area contributed by atoms with E-state index < -0.39 is 0 Å². The second-order valence-electron chi connectivity index (χ2n) is 3.65. The second-order valence-corrected chi connectivity index (χ2v) is 5.74. The molecule has 1 amide bonds. The molecular weight excluding hydrogens is 352 g/mol. The highest BCUT2D eigenvalue weighted by Crippen LogP contribution is 2.27. The quantitative estimate of drug-likeness (QED) is 0.842. The van der Waals surface area contributed by atoms with Gasteiger partial charge in [0.2, 0.25) is 0 Å². The predicted octanol–water partition coefficient (Wildman–Crippen LogP) is 4.01. The minimum absolute atomic E-state index is 0.141. The van der Waals surface area contributed by atoms with E-state index in [9.17, 15) is 9.59 Å². The third-order valence-electron chi connectivity index (χ3n) is 2.28. The van der Waals surface area contributed by atoms with Crippen molar-refractivity contribution in [3.8, 4) is 0 Å². The number of nitrogens with zero attached hydrogens (tertiary/aromatic N) is 1. The van der Waals surface area contributed by atoms with Gasteiger partial charge in [0.25, 0.3) is 5.91 Å². The summed E-state index contributed by atoms with van der Waals surface area (Å²) >= 11 is 10.5. The summed E-state index contributed by atoms with van der Waals surface area (Å²) in [6.07, 6.45) is 0. The van der Waals surface area contributed by atoms with Crippen molar-refractivity contribution in [1.29, 1.82) is 0 Å². The molecule has 98 valence electrons. The van der Waals surface area contributed by atoms with Crippen molar-refractivity contribution in [3.63, 3.8) is 0 Å². The first-order chi connectivity index (χ1) is 8.99. The number of benzene rings is 1. The van der Waals surface area contributed by atoms with E-state index >= 15 is 0 Å². The van der Waals surface area contributed by atoms with Crippen LogP contribution in [0.2, 0.25) is 5.02 Å². The fraction of sp³-hybridized carbons (Fsp3) is 0.0833. The first kappa shape index (κ1) is 14.2. The van der Waals surface area contributed by atoms with Crippen molar-refractivity contribution in [2.24, 2.45) is 0 Å². The molecule has 0 spiro atoms. The summed E-state index contributed by atoms with van der Waals surface area (Å²) in [5.74, 6) is -0.506. The largest absolute Gasteiger partial charge is 0.298 e. The van der Waals surface area contributed by atoms with Crippen LogP contribution < -0.4 is 5.32 Å². The number of thiazole rings is 1. The number of hydrogen-bond acceptors (Lipinski definition) is 4. The van der Waals surface area contributed by atoms with Crippen molar-refractivity contribution in [3.05, 3.63) is 44.3 Å². The van der Waals surface area contributed by atoms with Crippen LogP contribution >= 0.6 is 38.9 Å². The summed E-state index contributed by atoms with van der Waals surface area (Å²) in [5, 5.41) is 4.91. The molecule has 1 aromatic carbocycles. The summed E-state index contributed by atoms with van der Waals surface area (Å²) < 4.78 is 0.644. The van der Waals surface area contributed by atoms with E-state index in [0.717, 1.165) is 0 Å². The smallest absolute Gasteiger partial charge is 0.258 e. The molecule has 0 unspecified atom stereocenters. The molecule has 0 atom stereocenters. The highest BCUT2D eigenvalue weighted by Gasteiger charge is 2.14. The number of carbonyl (C=O) groups excluding carboxylic acids is 2. The van der Waals surface area contributed by atoms with Crippen molar-refractivity contribution in [2.45, 2.75) is 6.92 Å². The van der Waals surface area contributed by atoms with Crippen LogP contribution in [-0.4, -0.2) is 16.7 Å². The van der Waals surface area contributed by atoms with Gasteiger partial charge in [-0.1, -0.05) is 17.7 Å². The van der Waals surface area contributed by atoms with E-state index in [1.54, 1.807) is 23.6 Å². The van der Waals surface area contributed by atoms with Crippen LogP contribution in [0.1, 0.15) is 27.8 Å². The van der Waals surface area contributed by atoms with Gasteiger partial charge in [-0.25, -0.2) is 4.98 Å². The Morgan fingerprint density at radius 2 is 2.16 bits per heavy atom. The number of hydrogen-bond donors (Lipinski definition) is 1. The number of nitrogens with one attached hydrogen (secondary N) is 1. The molecule has 0 saturated carbocycles. The monoisotopic (exact) mass is 358 g/mol. The number of Topliss-reactive ketones (excluding diaryl/α,β-unsaturated/α-hetero) is 1. The Balaban J connectivity index is 2.21. The van der Waals surface area contributed by atoms with E-state index in [0.29, 0.717) is 25.9 Å². The van der Waals surface area contributed by atoms with Gasteiger partial charge in [0.15, 0.2) is 10.9 Å². The lowest BCUT2D eigenvalue weighted by Crippen LogP contribution is -2.12. The Labute approximate surface area is 126 Å². The van der Waals surface area contributed by atoms with Crippen molar-refractivity contribution in [1.82, 2.24) is 4.98 Å². The molecule has 1 N–H and O–H groups in total. The Kier molecular flexibility index (Phi) is 4.34. The summed E-state index contributed by atoms with van der Waals surface area (Å²) in [6, 6.07) is 5.08. The zero-order chi connectivity index (χ0) is 14.0. The third-order valence-corrected chi connectivity index (χ3v) is 4.34. The van der Waals surface area contributed by atoms with Crippen LogP contribution in [-0.2, 0) is 0 Å². The van der Waals surface area contributed by atoms with Gasteiger partial charge >= 0.3 is 0 Å². The molecule has 4 nitrogen and oxygen atoms in total. The van der Waals surface area contributed by atoms with Crippen LogP contribution in [0.4, 0.5) is 5.13 Å². The van der Waals surface area contributed by atoms with Crippen molar-refractivity contribution in [2.75, 3.05) is 5.32 Å². The molecule has 1 heterocycles. The minimum atomic E-state index is -0.365. The van der Waals surface area contributed by atoms with Crippen LogP contribution in [0.3, 0.4) is 0 Å². The van der Waals surface area contributed by atoms with Gasteiger partial charge in [-0.2, -0.15) is 0 Å². The molecule has 0 radical (unpaired) electrons. The molecule has 0 bridgehead atoms. The Morgan fingerprint density at radius 3 is 2.79 bits per heavy atom. The normalized spacial score (nSPS) is 10.3. The van der Waals surface area contributed by atoms with E-state index in [2.05, 4.69) is 26.2 Å². The van der Waals surface area contributed by atoms with Gasteiger partial charge in [0.05, 0.1) is 10.6 Å². The molecule has 0 aliphatic carbocycles. The Bertz CT molecular complexity index is 657. The van der Waals surface area contributed by atoms with Crippen molar-refractivity contribution >= 4 is 55.7 Å². The van der Waals surface area contributed by atoms with E-state index in [1.165, 1.54) is 18.3 Å². The third kappa shape index (κ3) is 3.20. The lowest BCUT2D eigenvalue weighted by atomic mass is 10.2. The molecule has 0 aliphatic rings. The first-order valence-electron chi connectivity index (χ1n) is 5.21. The Morgan fingerprint density at radius 1 is 1.42 bits per heavy atom. The predicted molar refractivity (Wildman–Crippen MR) is 79.2 cm³/mol. The number of anilines is 1. The van der Waals surface area contributed by atoms with Gasteiger partial charge in [0.1, 0.15) is 5.69 Å². The molecule has 1 aromatic heterocycles. The standard InChI is InChI=1S/C12H8BrClN2O2S/c1-6(17)9-5-19-12(15-9)16-11(18)7-3-2-4-8(13)10(7)14/h2-5H,1H3,(H,15,16,18). The van der Waals surface area contributed by atoms with Crippen LogP contribution in [0.25, 0.3) is 0 Å². The summed E-state index contributed by atoms with van der Waals surface area (Å²) in [4.78, 5) is 27.2.